The molecule has 0 amide bonds. The molecule has 92 valence electrons. The van der Waals surface area contributed by atoms with Crippen LogP contribution in [0.4, 0.5) is 0 Å². The Morgan fingerprint density at radius 2 is 2.31 bits per heavy atom. The molecule has 1 aromatic heterocycles. The van der Waals surface area contributed by atoms with Crippen molar-refractivity contribution in [3.05, 3.63) is 15.9 Å². The molecule has 0 aliphatic heterocycles. The third kappa shape index (κ3) is 3.73. The summed E-state index contributed by atoms with van der Waals surface area (Å²) >= 11 is 6.10. The second-order valence-corrected chi connectivity index (χ2v) is 7.83. The highest BCUT2D eigenvalue weighted by atomic mass is 79.9. The number of hydrogen-bond acceptors (Lipinski definition) is 4. The lowest BCUT2D eigenvalue weighted by Gasteiger charge is -2.15. The molecule has 0 fully saturated rings. The fourth-order valence-corrected chi connectivity index (χ4v) is 5.68. The maximum absolute atomic E-state index is 12.0. The maximum Gasteiger partial charge on any atom is 0.251 e. The van der Waals surface area contributed by atoms with Gasteiger partial charge in [-0.2, -0.15) is 11.8 Å². The Bertz CT molecular complexity index is 430. The van der Waals surface area contributed by atoms with Gasteiger partial charge in [-0.25, -0.2) is 13.1 Å². The Morgan fingerprint density at radius 1 is 1.62 bits per heavy atom. The van der Waals surface area contributed by atoms with Crippen LogP contribution in [0.2, 0.25) is 0 Å². The van der Waals surface area contributed by atoms with Gasteiger partial charge in [0.15, 0.2) is 0 Å². The monoisotopic (exact) mass is 343 g/mol. The zero-order valence-electron chi connectivity index (χ0n) is 9.07. The van der Waals surface area contributed by atoms with Crippen molar-refractivity contribution in [2.75, 3.05) is 12.0 Å². The minimum Gasteiger partial charge on any atom is -0.207 e. The second kappa shape index (κ2) is 6.39. The average Bonchev–Trinajstić information content (AvgIpc) is 2.64. The molecule has 0 saturated heterocycles. The highest BCUT2D eigenvalue weighted by molar-refractivity contribution is 9.10. The van der Waals surface area contributed by atoms with Crippen molar-refractivity contribution in [1.29, 1.82) is 0 Å². The van der Waals surface area contributed by atoms with E-state index in [1.54, 1.807) is 23.2 Å². The smallest absolute Gasteiger partial charge is 0.207 e. The van der Waals surface area contributed by atoms with Gasteiger partial charge in [0.25, 0.3) is 10.0 Å². The van der Waals surface area contributed by atoms with Crippen molar-refractivity contribution in [3.63, 3.8) is 0 Å². The van der Waals surface area contributed by atoms with Gasteiger partial charge >= 0.3 is 0 Å². The van der Waals surface area contributed by atoms with Gasteiger partial charge in [-0.3, -0.25) is 0 Å². The maximum atomic E-state index is 12.0. The molecular formula is C9H14BrNO2S3. The lowest BCUT2D eigenvalue weighted by atomic mass is 10.3. The van der Waals surface area contributed by atoms with E-state index in [1.807, 2.05) is 13.2 Å². The van der Waals surface area contributed by atoms with E-state index < -0.39 is 10.0 Å². The summed E-state index contributed by atoms with van der Waals surface area (Å²) in [5.74, 6) is 0.790. The van der Waals surface area contributed by atoms with Crippen LogP contribution in [0.1, 0.15) is 13.3 Å². The summed E-state index contributed by atoms with van der Waals surface area (Å²) in [5, 5.41) is 1.76. The SMILES string of the molecule is CCC(CSC)NS(=O)(=O)c1sccc1Br. The van der Waals surface area contributed by atoms with E-state index in [1.165, 1.54) is 11.3 Å². The Kier molecular flexibility index (Phi) is 5.79. The Balaban J connectivity index is 2.83. The van der Waals surface area contributed by atoms with Gasteiger partial charge in [-0.05, 0) is 40.1 Å². The molecule has 16 heavy (non-hydrogen) atoms. The molecule has 0 bridgehead atoms. The van der Waals surface area contributed by atoms with E-state index in [0.29, 0.717) is 8.68 Å². The standard InChI is InChI=1S/C9H14BrNO2S3/c1-3-7(6-14-2)11-16(12,13)9-8(10)4-5-15-9/h4-5,7,11H,3,6H2,1-2H3. The molecule has 0 aromatic carbocycles. The Labute approximate surface area is 113 Å². The number of rotatable bonds is 6. The van der Waals surface area contributed by atoms with E-state index in [4.69, 9.17) is 0 Å². The van der Waals surface area contributed by atoms with Gasteiger partial charge in [0.2, 0.25) is 0 Å². The second-order valence-electron chi connectivity index (χ2n) is 3.24. The van der Waals surface area contributed by atoms with Crippen molar-refractivity contribution < 1.29 is 8.42 Å². The van der Waals surface area contributed by atoms with Gasteiger partial charge in [-0.1, -0.05) is 6.92 Å². The average molecular weight is 344 g/mol. The first-order valence-corrected chi connectivity index (χ1v) is 9.30. The summed E-state index contributed by atoms with van der Waals surface area (Å²) in [7, 11) is -3.37. The highest BCUT2D eigenvalue weighted by Gasteiger charge is 2.22. The molecule has 1 unspecified atom stereocenters. The molecule has 0 spiro atoms. The van der Waals surface area contributed by atoms with Crippen molar-refractivity contribution in [2.45, 2.75) is 23.6 Å². The van der Waals surface area contributed by atoms with E-state index in [0.717, 1.165) is 12.2 Å². The van der Waals surface area contributed by atoms with Crippen LogP contribution in [0.15, 0.2) is 20.1 Å². The summed E-state index contributed by atoms with van der Waals surface area (Å²) in [6.07, 6.45) is 2.76. The van der Waals surface area contributed by atoms with E-state index in [2.05, 4.69) is 20.7 Å². The van der Waals surface area contributed by atoms with Crippen LogP contribution in [0.5, 0.6) is 0 Å². The molecular weight excluding hydrogens is 330 g/mol. The molecule has 1 rings (SSSR count). The van der Waals surface area contributed by atoms with Crippen molar-refractivity contribution in [3.8, 4) is 0 Å². The van der Waals surface area contributed by atoms with Crippen LogP contribution in [0, 0.1) is 0 Å². The van der Waals surface area contributed by atoms with Crippen molar-refractivity contribution >= 4 is 49.1 Å². The third-order valence-electron chi connectivity index (χ3n) is 2.01. The number of halogens is 1. The summed E-state index contributed by atoms with van der Waals surface area (Å²) in [6.45, 7) is 1.98. The molecule has 1 atom stereocenters. The predicted molar refractivity (Wildman–Crippen MR) is 74.8 cm³/mol. The number of sulfonamides is 1. The fourth-order valence-electron chi connectivity index (χ4n) is 1.18. The number of thiophene rings is 1. The van der Waals surface area contributed by atoms with Gasteiger partial charge < -0.3 is 0 Å². The molecule has 1 heterocycles. The topological polar surface area (TPSA) is 46.2 Å². The highest BCUT2D eigenvalue weighted by Crippen LogP contribution is 2.27. The molecule has 0 aliphatic rings. The van der Waals surface area contributed by atoms with Gasteiger partial charge in [0.1, 0.15) is 4.21 Å². The normalized spacial score (nSPS) is 13.9. The minimum absolute atomic E-state index is 0.00556. The van der Waals surface area contributed by atoms with E-state index in [-0.39, 0.29) is 6.04 Å². The molecule has 0 radical (unpaired) electrons. The first-order chi connectivity index (χ1) is 7.51. The summed E-state index contributed by atoms with van der Waals surface area (Å²) in [5.41, 5.74) is 0. The van der Waals surface area contributed by atoms with Crippen LogP contribution in [0.25, 0.3) is 0 Å². The van der Waals surface area contributed by atoms with E-state index >= 15 is 0 Å². The van der Waals surface area contributed by atoms with Crippen LogP contribution >= 0.6 is 39.0 Å². The molecule has 3 nitrogen and oxygen atoms in total. The van der Waals surface area contributed by atoms with Crippen LogP contribution in [-0.4, -0.2) is 26.5 Å². The van der Waals surface area contributed by atoms with Crippen LogP contribution in [-0.2, 0) is 10.0 Å². The first-order valence-electron chi connectivity index (χ1n) is 4.75. The quantitative estimate of drug-likeness (QED) is 0.863. The summed E-state index contributed by atoms with van der Waals surface area (Å²) < 4.78 is 27.7. The van der Waals surface area contributed by atoms with Crippen molar-refractivity contribution in [2.24, 2.45) is 0 Å². The Morgan fingerprint density at radius 3 is 2.75 bits per heavy atom. The molecule has 0 saturated carbocycles. The van der Waals surface area contributed by atoms with Gasteiger partial charge in [0.05, 0.1) is 0 Å². The summed E-state index contributed by atoms with van der Waals surface area (Å²) in [6, 6.07) is 1.74. The van der Waals surface area contributed by atoms with Gasteiger partial charge in [-0.15, -0.1) is 11.3 Å². The number of nitrogens with one attached hydrogen (secondary N) is 1. The summed E-state index contributed by atoms with van der Waals surface area (Å²) in [4.78, 5) is 0. The minimum atomic E-state index is -3.37. The third-order valence-corrected chi connectivity index (χ3v) is 6.94. The number of hydrogen-bond donors (Lipinski definition) is 1. The lowest BCUT2D eigenvalue weighted by Crippen LogP contribution is -2.35. The molecule has 0 aliphatic carbocycles. The molecule has 1 N–H and O–H groups in total. The zero-order chi connectivity index (χ0) is 12.2. The van der Waals surface area contributed by atoms with Crippen LogP contribution in [0.3, 0.4) is 0 Å². The fraction of sp³-hybridized carbons (Fsp3) is 0.556. The van der Waals surface area contributed by atoms with E-state index in [9.17, 15) is 8.42 Å². The molecule has 1 aromatic rings. The van der Waals surface area contributed by atoms with Crippen LogP contribution < -0.4 is 4.72 Å². The first kappa shape index (κ1) is 14.5. The zero-order valence-corrected chi connectivity index (χ0v) is 13.1. The van der Waals surface area contributed by atoms with Crippen molar-refractivity contribution in [1.82, 2.24) is 4.72 Å². The predicted octanol–water partition coefficient (Wildman–Crippen LogP) is 2.93. The Hall–Kier alpha value is 0.440. The molecule has 7 heteroatoms. The van der Waals surface area contributed by atoms with Gasteiger partial charge in [0, 0.05) is 16.3 Å². The largest absolute Gasteiger partial charge is 0.251 e. The lowest BCUT2D eigenvalue weighted by molar-refractivity contribution is 0.560. The number of thioether (sulfide) groups is 1.